The van der Waals surface area contributed by atoms with Crippen LogP contribution < -0.4 is 14.2 Å². The highest BCUT2D eigenvalue weighted by atomic mass is 32.2. The van der Waals surface area contributed by atoms with Crippen LogP contribution in [0.2, 0.25) is 0 Å². The highest BCUT2D eigenvalue weighted by Crippen LogP contribution is 2.49. The number of fused-ring (bicyclic) bond motifs is 3. The Morgan fingerprint density at radius 2 is 1.66 bits per heavy atom. The number of thioether (sulfide) groups is 1. The number of aryl methyl sites for hydroxylation is 2. The molecule has 32 heavy (non-hydrogen) atoms. The fraction of sp³-hybridized carbons (Fsp3) is 0.179. The van der Waals surface area contributed by atoms with Crippen molar-refractivity contribution in [1.82, 2.24) is 0 Å². The molecule has 0 aliphatic carbocycles. The molecule has 3 aromatic carbocycles. The van der Waals surface area contributed by atoms with E-state index in [2.05, 4.69) is 97.1 Å². The van der Waals surface area contributed by atoms with E-state index in [1.165, 1.54) is 43.3 Å². The second-order valence-electron chi connectivity index (χ2n) is 8.11. The number of aromatic nitrogens is 1. The van der Waals surface area contributed by atoms with Crippen molar-refractivity contribution in [2.75, 3.05) is 18.6 Å². The molecule has 4 heteroatoms. The summed E-state index contributed by atoms with van der Waals surface area (Å²) in [4.78, 5) is 3.63. The smallest absolute Gasteiger partial charge is 0.211 e. The molecule has 5 rings (SSSR count). The maximum absolute atomic E-state index is 5.59. The Balaban J connectivity index is 1.49. The summed E-state index contributed by atoms with van der Waals surface area (Å²) in [5.41, 5.74) is 6.07. The maximum atomic E-state index is 5.59. The molecule has 0 atom stereocenters. The number of hydrogen-bond acceptors (Lipinski definition) is 3. The third-order valence-corrected chi connectivity index (χ3v) is 7.05. The van der Waals surface area contributed by atoms with E-state index in [0.717, 1.165) is 11.4 Å². The molecule has 0 radical (unpaired) electrons. The molecule has 0 saturated carbocycles. The van der Waals surface area contributed by atoms with Crippen LogP contribution in [0.15, 0.2) is 82.7 Å². The van der Waals surface area contributed by atoms with Gasteiger partial charge in [0.05, 0.1) is 17.3 Å². The minimum absolute atomic E-state index is 0.681. The highest BCUT2D eigenvalue weighted by molar-refractivity contribution is 8.04. The van der Waals surface area contributed by atoms with Crippen molar-refractivity contribution in [3.05, 3.63) is 94.8 Å². The van der Waals surface area contributed by atoms with Crippen LogP contribution >= 0.6 is 11.8 Å². The lowest BCUT2D eigenvalue weighted by Gasteiger charge is -2.16. The van der Waals surface area contributed by atoms with Gasteiger partial charge in [-0.05, 0) is 42.1 Å². The minimum atomic E-state index is 0.681. The largest absolute Gasteiger partial charge is 0.494 e. The third-order valence-electron chi connectivity index (χ3n) is 5.90. The maximum Gasteiger partial charge on any atom is 0.211 e. The van der Waals surface area contributed by atoms with Gasteiger partial charge in [-0.2, -0.15) is 4.57 Å². The van der Waals surface area contributed by atoms with Gasteiger partial charge >= 0.3 is 0 Å². The van der Waals surface area contributed by atoms with Gasteiger partial charge in [0.15, 0.2) is 11.4 Å². The Bertz CT molecular complexity index is 1320. The summed E-state index contributed by atoms with van der Waals surface area (Å²) in [7, 11) is 2.17. The zero-order valence-corrected chi connectivity index (χ0v) is 19.7. The molecule has 0 spiro atoms. The van der Waals surface area contributed by atoms with E-state index in [-0.39, 0.29) is 0 Å². The summed E-state index contributed by atoms with van der Waals surface area (Å²) in [5.74, 6) is 0.905. The molecule has 4 aromatic rings. The van der Waals surface area contributed by atoms with E-state index in [0.29, 0.717) is 6.61 Å². The number of benzene rings is 3. The van der Waals surface area contributed by atoms with Crippen LogP contribution in [0.25, 0.3) is 22.5 Å². The van der Waals surface area contributed by atoms with E-state index >= 15 is 0 Å². The fourth-order valence-corrected chi connectivity index (χ4v) is 5.63. The molecular formula is C28H27N2OS+. The van der Waals surface area contributed by atoms with Gasteiger partial charge in [-0.25, -0.2) is 0 Å². The summed E-state index contributed by atoms with van der Waals surface area (Å²) in [6.45, 7) is 7.02. The zero-order valence-electron chi connectivity index (χ0n) is 18.9. The average molecular weight is 440 g/mol. The van der Waals surface area contributed by atoms with Gasteiger partial charge in [-0.3, -0.25) is 0 Å². The second-order valence-corrected chi connectivity index (χ2v) is 9.17. The molecule has 1 aromatic heterocycles. The van der Waals surface area contributed by atoms with E-state index in [1.807, 2.05) is 30.8 Å². The summed E-state index contributed by atoms with van der Waals surface area (Å²) in [5, 5.41) is 3.83. The first-order chi connectivity index (χ1) is 15.5. The van der Waals surface area contributed by atoms with Crippen LogP contribution in [-0.4, -0.2) is 13.7 Å². The van der Waals surface area contributed by atoms with Crippen molar-refractivity contribution >= 4 is 34.3 Å². The van der Waals surface area contributed by atoms with Gasteiger partial charge < -0.3 is 9.64 Å². The van der Waals surface area contributed by atoms with E-state index in [4.69, 9.17) is 4.74 Å². The summed E-state index contributed by atoms with van der Waals surface area (Å²) in [6, 6.07) is 25.9. The molecule has 1 aliphatic heterocycles. The Morgan fingerprint density at radius 1 is 0.938 bits per heavy atom. The first-order valence-electron chi connectivity index (χ1n) is 11.0. The molecule has 0 saturated heterocycles. The number of rotatable bonds is 4. The number of anilines is 1. The van der Waals surface area contributed by atoms with Crippen molar-refractivity contribution < 1.29 is 9.30 Å². The molecule has 0 N–H and O–H groups in total. The normalized spacial score (nSPS) is 14.2. The van der Waals surface area contributed by atoms with Crippen molar-refractivity contribution in [3.8, 4) is 11.4 Å². The van der Waals surface area contributed by atoms with Gasteiger partial charge in [0.25, 0.3) is 0 Å². The minimum Gasteiger partial charge on any atom is -0.494 e. The lowest BCUT2D eigenvalue weighted by Crippen LogP contribution is -2.37. The van der Waals surface area contributed by atoms with E-state index in [1.54, 1.807) is 0 Å². The molecule has 0 bridgehead atoms. The van der Waals surface area contributed by atoms with E-state index in [9.17, 15) is 0 Å². The standard InChI is InChI=1S/C28H27N2OS/c1-5-31-24-13-11-23(12-14-24)30-19(2)16-21(17-20(30)3)18-27-29(4)28-25-9-7-6-8-22(25)10-15-26(28)32-27/h6-18H,5H2,1-4H3/q+1. The lowest BCUT2D eigenvalue weighted by atomic mass is 10.1. The zero-order chi connectivity index (χ0) is 22.2. The molecule has 0 fully saturated rings. The van der Waals surface area contributed by atoms with Crippen LogP contribution in [0, 0.1) is 13.8 Å². The van der Waals surface area contributed by atoms with Crippen molar-refractivity contribution in [2.24, 2.45) is 0 Å². The second kappa shape index (κ2) is 8.36. The van der Waals surface area contributed by atoms with Crippen molar-refractivity contribution in [2.45, 2.75) is 25.7 Å². The lowest BCUT2D eigenvalue weighted by molar-refractivity contribution is -0.609. The van der Waals surface area contributed by atoms with Crippen LogP contribution in [0.4, 0.5) is 5.69 Å². The van der Waals surface area contributed by atoms with E-state index < -0.39 is 0 Å². The van der Waals surface area contributed by atoms with Gasteiger partial charge in [0, 0.05) is 55.4 Å². The number of ether oxygens (including phenoxy) is 1. The quantitative estimate of drug-likeness (QED) is 0.330. The molecule has 0 unspecified atom stereocenters. The highest BCUT2D eigenvalue weighted by Gasteiger charge is 2.24. The monoisotopic (exact) mass is 439 g/mol. The van der Waals surface area contributed by atoms with Crippen LogP contribution in [0.5, 0.6) is 5.75 Å². The van der Waals surface area contributed by atoms with Crippen LogP contribution in [-0.2, 0) is 0 Å². The Morgan fingerprint density at radius 3 is 2.38 bits per heavy atom. The average Bonchev–Trinajstić information content (AvgIpc) is 3.10. The van der Waals surface area contributed by atoms with Gasteiger partial charge in [-0.15, -0.1) is 0 Å². The predicted molar refractivity (Wildman–Crippen MR) is 135 cm³/mol. The van der Waals surface area contributed by atoms with Gasteiger partial charge in [-0.1, -0.05) is 42.1 Å². The summed E-state index contributed by atoms with van der Waals surface area (Å²) < 4.78 is 7.87. The fourth-order valence-electron chi connectivity index (χ4n) is 4.50. The number of hydrogen-bond donors (Lipinski definition) is 0. The molecule has 3 nitrogen and oxygen atoms in total. The molecule has 2 heterocycles. The van der Waals surface area contributed by atoms with Gasteiger partial charge in [0.2, 0.25) is 5.69 Å². The number of pyridine rings is 1. The third kappa shape index (κ3) is 3.65. The molecule has 160 valence electrons. The first-order valence-corrected chi connectivity index (χ1v) is 11.8. The molecular weight excluding hydrogens is 412 g/mol. The molecule has 0 amide bonds. The van der Waals surface area contributed by atoms with Gasteiger partial charge in [0.1, 0.15) is 5.75 Å². The SMILES string of the molecule is CCOc1ccc(-[n+]2c(C)cc(C=C3Sc4ccc5ccccc5c4N3C)cc2C)cc1. The van der Waals surface area contributed by atoms with Crippen molar-refractivity contribution in [1.29, 1.82) is 0 Å². The van der Waals surface area contributed by atoms with Crippen LogP contribution in [0.3, 0.4) is 0 Å². The first kappa shape index (κ1) is 20.7. The summed E-state index contributed by atoms with van der Waals surface area (Å²) >= 11 is 1.84. The summed E-state index contributed by atoms with van der Waals surface area (Å²) in [6.07, 6.45) is 2.29. The number of nitrogens with zero attached hydrogens (tertiary/aromatic N) is 2. The molecule has 1 aliphatic rings. The van der Waals surface area contributed by atoms with Crippen LogP contribution in [0.1, 0.15) is 23.9 Å². The predicted octanol–water partition coefficient (Wildman–Crippen LogP) is 6.67. The Hall–Kier alpha value is -3.24. The Labute approximate surface area is 194 Å². The Kier molecular flexibility index (Phi) is 5.40. The van der Waals surface area contributed by atoms with Crippen molar-refractivity contribution in [3.63, 3.8) is 0 Å². The topological polar surface area (TPSA) is 16.4 Å².